The number of hydrogen-bond donors (Lipinski definition) is 0. The van der Waals surface area contributed by atoms with E-state index in [0.717, 1.165) is 12.8 Å². The summed E-state index contributed by atoms with van der Waals surface area (Å²) in [5, 5.41) is 18.0. The molecular formula is C22H32N2S. The first kappa shape index (κ1) is 21.6. The first-order valence-electron chi connectivity index (χ1n) is 9.82. The van der Waals surface area contributed by atoms with Gasteiger partial charge < -0.3 is 0 Å². The number of nitrogens with zero attached hydrogens (tertiary/aromatic N) is 2. The predicted molar refractivity (Wildman–Crippen MR) is 109 cm³/mol. The van der Waals surface area contributed by atoms with Crippen molar-refractivity contribution in [2.75, 3.05) is 11.5 Å². The van der Waals surface area contributed by atoms with Crippen LogP contribution in [0, 0.1) is 22.7 Å². The van der Waals surface area contributed by atoms with Gasteiger partial charge in [-0.05, 0) is 54.9 Å². The van der Waals surface area contributed by atoms with Gasteiger partial charge in [0.25, 0.3) is 0 Å². The third-order valence-electron chi connectivity index (χ3n) is 4.47. The van der Waals surface area contributed by atoms with Crippen LogP contribution in [0.2, 0.25) is 0 Å². The normalized spacial score (nSPS) is 10.4. The van der Waals surface area contributed by atoms with Crippen molar-refractivity contribution in [2.24, 2.45) is 0 Å². The second-order valence-corrected chi connectivity index (χ2v) is 7.87. The Morgan fingerprint density at radius 1 is 0.760 bits per heavy atom. The molecule has 1 aromatic rings. The maximum absolute atomic E-state index is 9.05. The Morgan fingerprint density at radius 2 is 1.36 bits per heavy atom. The number of rotatable bonds is 14. The van der Waals surface area contributed by atoms with Crippen LogP contribution in [0.5, 0.6) is 0 Å². The highest BCUT2D eigenvalue weighted by molar-refractivity contribution is 7.99. The molecular weight excluding hydrogens is 324 g/mol. The summed E-state index contributed by atoms with van der Waals surface area (Å²) in [6.45, 7) is 2.27. The molecule has 3 heteroatoms. The zero-order chi connectivity index (χ0) is 18.2. The SMILES string of the molecule is CCCCCCCCCCSCCCCc1ccc(C#N)c(C#N)c1. The van der Waals surface area contributed by atoms with Crippen LogP contribution in [0.3, 0.4) is 0 Å². The molecule has 0 aromatic heterocycles. The van der Waals surface area contributed by atoms with Crippen LogP contribution in [0.1, 0.15) is 87.8 Å². The summed E-state index contributed by atoms with van der Waals surface area (Å²) in [5.41, 5.74) is 2.15. The topological polar surface area (TPSA) is 47.6 Å². The van der Waals surface area contributed by atoms with Gasteiger partial charge in [0.05, 0.1) is 11.1 Å². The molecule has 0 spiro atoms. The molecule has 1 aromatic carbocycles. The predicted octanol–water partition coefficient (Wildman–Crippen LogP) is 6.63. The first-order valence-corrected chi connectivity index (χ1v) is 11.0. The van der Waals surface area contributed by atoms with Crippen molar-refractivity contribution >= 4 is 11.8 Å². The van der Waals surface area contributed by atoms with Gasteiger partial charge in [0.1, 0.15) is 12.1 Å². The second-order valence-electron chi connectivity index (χ2n) is 6.65. The Morgan fingerprint density at radius 3 is 2.00 bits per heavy atom. The van der Waals surface area contributed by atoms with Crippen LogP contribution in [0.15, 0.2) is 18.2 Å². The summed E-state index contributed by atoms with van der Waals surface area (Å²) in [6, 6.07) is 9.79. The van der Waals surface area contributed by atoms with Crippen LogP contribution >= 0.6 is 11.8 Å². The average molecular weight is 357 g/mol. The van der Waals surface area contributed by atoms with Crippen molar-refractivity contribution in [1.82, 2.24) is 0 Å². The number of thioether (sulfide) groups is 1. The van der Waals surface area contributed by atoms with Crippen molar-refractivity contribution in [2.45, 2.75) is 77.6 Å². The third-order valence-corrected chi connectivity index (χ3v) is 5.63. The quantitative estimate of drug-likeness (QED) is 0.352. The summed E-state index contributed by atoms with van der Waals surface area (Å²) < 4.78 is 0. The maximum Gasteiger partial charge on any atom is 0.101 e. The molecule has 0 fully saturated rings. The number of unbranched alkanes of at least 4 members (excludes halogenated alkanes) is 8. The molecule has 0 N–H and O–H groups in total. The van der Waals surface area contributed by atoms with E-state index >= 15 is 0 Å². The molecule has 0 radical (unpaired) electrons. The highest BCUT2D eigenvalue weighted by Gasteiger charge is 2.02. The molecule has 0 heterocycles. The van der Waals surface area contributed by atoms with E-state index in [1.165, 1.54) is 74.9 Å². The minimum atomic E-state index is 0.479. The van der Waals surface area contributed by atoms with E-state index in [1.807, 2.05) is 12.1 Å². The highest BCUT2D eigenvalue weighted by atomic mass is 32.2. The van der Waals surface area contributed by atoms with Gasteiger partial charge in [-0.25, -0.2) is 0 Å². The van der Waals surface area contributed by atoms with Crippen LogP contribution in [-0.4, -0.2) is 11.5 Å². The fourth-order valence-corrected chi connectivity index (χ4v) is 3.93. The van der Waals surface area contributed by atoms with E-state index < -0.39 is 0 Å². The van der Waals surface area contributed by atoms with Gasteiger partial charge in [-0.15, -0.1) is 0 Å². The lowest BCUT2D eigenvalue weighted by atomic mass is 10.0. The molecule has 0 unspecified atom stereocenters. The van der Waals surface area contributed by atoms with E-state index in [4.69, 9.17) is 10.5 Å². The molecule has 0 aliphatic heterocycles. The summed E-state index contributed by atoms with van der Waals surface area (Å²) in [4.78, 5) is 0. The molecule has 1 rings (SSSR count). The van der Waals surface area contributed by atoms with Gasteiger partial charge in [0, 0.05) is 0 Å². The van der Waals surface area contributed by atoms with E-state index in [9.17, 15) is 0 Å². The molecule has 2 nitrogen and oxygen atoms in total. The lowest BCUT2D eigenvalue weighted by Gasteiger charge is -2.04. The molecule has 0 saturated carbocycles. The van der Waals surface area contributed by atoms with Crippen molar-refractivity contribution in [3.63, 3.8) is 0 Å². The first-order chi connectivity index (χ1) is 12.3. The Balaban J connectivity index is 1.97. The number of benzene rings is 1. The van der Waals surface area contributed by atoms with E-state index in [2.05, 4.69) is 30.8 Å². The minimum absolute atomic E-state index is 0.479. The van der Waals surface area contributed by atoms with Crippen LogP contribution in [0.4, 0.5) is 0 Å². The summed E-state index contributed by atoms with van der Waals surface area (Å²) in [5.74, 6) is 2.53. The zero-order valence-corrected chi connectivity index (χ0v) is 16.5. The van der Waals surface area contributed by atoms with Gasteiger partial charge in [-0.3, -0.25) is 0 Å². The molecule has 0 saturated heterocycles. The van der Waals surface area contributed by atoms with Crippen molar-refractivity contribution in [3.05, 3.63) is 34.9 Å². The summed E-state index contributed by atoms with van der Waals surface area (Å²) in [6.07, 6.45) is 14.5. The maximum atomic E-state index is 9.05. The standard InChI is InChI=1S/C22H32N2S/c1-2-3-4-5-6-7-8-10-15-25-16-11-9-12-20-13-14-21(18-23)22(17-20)19-24/h13-14,17H,2-12,15-16H2,1H3. The molecule has 25 heavy (non-hydrogen) atoms. The Hall–Kier alpha value is -1.45. The summed E-state index contributed by atoms with van der Waals surface area (Å²) in [7, 11) is 0. The third kappa shape index (κ3) is 10.2. The Kier molecular flexibility index (Phi) is 12.8. The van der Waals surface area contributed by atoms with Gasteiger partial charge in [0.2, 0.25) is 0 Å². The lowest BCUT2D eigenvalue weighted by molar-refractivity contribution is 0.586. The van der Waals surface area contributed by atoms with Crippen molar-refractivity contribution < 1.29 is 0 Å². The molecule has 0 amide bonds. The number of aryl methyl sites for hydroxylation is 1. The number of hydrogen-bond acceptors (Lipinski definition) is 3. The lowest BCUT2D eigenvalue weighted by Crippen LogP contribution is -1.92. The van der Waals surface area contributed by atoms with E-state index in [1.54, 1.807) is 6.07 Å². The van der Waals surface area contributed by atoms with E-state index in [0.29, 0.717) is 11.1 Å². The molecule has 0 atom stereocenters. The molecule has 0 bridgehead atoms. The Bertz CT molecular complexity index is 554. The highest BCUT2D eigenvalue weighted by Crippen LogP contribution is 2.15. The van der Waals surface area contributed by atoms with Crippen LogP contribution in [-0.2, 0) is 6.42 Å². The fraction of sp³-hybridized carbons (Fsp3) is 0.636. The van der Waals surface area contributed by atoms with Crippen LogP contribution < -0.4 is 0 Å². The van der Waals surface area contributed by atoms with Crippen molar-refractivity contribution in [3.8, 4) is 12.1 Å². The fourth-order valence-electron chi connectivity index (χ4n) is 2.91. The average Bonchev–Trinajstić information content (AvgIpc) is 2.65. The minimum Gasteiger partial charge on any atom is -0.192 e. The number of nitriles is 2. The summed E-state index contributed by atoms with van der Waals surface area (Å²) >= 11 is 2.08. The van der Waals surface area contributed by atoms with E-state index in [-0.39, 0.29) is 0 Å². The van der Waals surface area contributed by atoms with Crippen LogP contribution in [0.25, 0.3) is 0 Å². The van der Waals surface area contributed by atoms with Gasteiger partial charge >= 0.3 is 0 Å². The second kappa shape index (κ2) is 14.9. The molecule has 0 aliphatic rings. The Labute approximate surface area is 158 Å². The van der Waals surface area contributed by atoms with Gasteiger partial charge in [-0.2, -0.15) is 22.3 Å². The zero-order valence-electron chi connectivity index (χ0n) is 15.7. The largest absolute Gasteiger partial charge is 0.192 e. The molecule has 0 aliphatic carbocycles. The monoisotopic (exact) mass is 356 g/mol. The van der Waals surface area contributed by atoms with Gasteiger partial charge in [0.15, 0.2) is 0 Å². The molecule has 136 valence electrons. The van der Waals surface area contributed by atoms with Gasteiger partial charge in [-0.1, -0.05) is 57.9 Å². The smallest absolute Gasteiger partial charge is 0.101 e. The van der Waals surface area contributed by atoms with Crippen molar-refractivity contribution in [1.29, 1.82) is 10.5 Å².